The zero-order valence-electron chi connectivity index (χ0n) is 19.5. The standard InChI is InChI=1S/C26H31N3O6/c30-15-23-25-21(11-19(35-23)12-24(31)28-14-16-2-1-7-27-13-16)20-10-17(29-26(25)32)3-4-22(20)34-18-5-8-33-9-6-18/h1-4,7,10,13,18-19,21,23,25,30H,5-6,8-9,11-12,14-15H2,(H,28,31)(H,29,32)/t19-,21+,23-,25-/m0/s1. The Kier molecular flexibility index (Phi) is 7.26. The molecule has 1 aromatic heterocycles. The molecule has 4 heterocycles. The van der Waals surface area contributed by atoms with Crippen LogP contribution in [0.1, 0.15) is 42.7 Å². The molecule has 0 unspecified atom stereocenters. The molecule has 4 atom stereocenters. The minimum atomic E-state index is -0.713. The van der Waals surface area contributed by atoms with Crippen LogP contribution in [0.25, 0.3) is 0 Å². The van der Waals surface area contributed by atoms with E-state index < -0.39 is 18.1 Å². The topological polar surface area (TPSA) is 119 Å². The van der Waals surface area contributed by atoms with Crippen molar-refractivity contribution in [3.8, 4) is 5.75 Å². The lowest BCUT2D eigenvalue weighted by molar-refractivity contribution is -0.148. The number of hydrogen-bond acceptors (Lipinski definition) is 7. The Morgan fingerprint density at radius 1 is 1.26 bits per heavy atom. The van der Waals surface area contributed by atoms with Gasteiger partial charge in [-0.15, -0.1) is 0 Å². The molecule has 2 amide bonds. The van der Waals surface area contributed by atoms with Gasteiger partial charge in [-0.05, 0) is 36.2 Å². The van der Waals surface area contributed by atoms with Crippen molar-refractivity contribution in [3.05, 3.63) is 53.9 Å². The maximum Gasteiger partial charge on any atom is 0.230 e. The van der Waals surface area contributed by atoms with Gasteiger partial charge in [-0.3, -0.25) is 14.6 Å². The van der Waals surface area contributed by atoms with Crippen molar-refractivity contribution in [2.75, 3.05) is 25.1 Å². The van der Waals surface area contributed by atoms with E-state index >= 15 is 0 Å². The SMILES string of the molecule is O=C(C[C@@H]1C[C@@H]2c3cc(ccc3OC3CCOCC3)NC(=O)[C@@H]2[C@H](CO)O1)NCc1cccnc1. The van der Waals surface area contributed by atoms with Crippen LogP contribution in [-0.4, -0.2) is 60.0 Å². The van der Waals surface area contributed by atoms with Crippen LogP contribution in [0.15, 0.2) is 42.7 Å². The number of aromatic nitrogens is 1. The van der Waals surface area contributed by atoms with Gasteiger partial charge in [-0.25, -0.2) is 0 Å². The van der Waals surface area contributed by atoms with Gasteiger partial charge in [0.2, 0.25) is 11.8 Å². The van der Waals surface area contributed by atoms with Gasteiger partial charge in [-0.2, -0.15) is 0 Å². The molecule has 3 N–H and O–H groups in total. The number of rotatable bonds is 7. The molecule has 3 aliphatic heterocycles. The van der Waals surface area contributed by atoms with E-state index in [1.54, 1.807) is 12.4 Å². The van der Waals surface area contributed by atoms with Gasteiger partial charge in [-0.1, -0.05) is 6.07 Å². The summed E-state index contributed by atoms with van der Waals surface area (Å²) in [4.78, 5) is 29.9. The molecule has 2 fully saturated rings. The van der Waals surface area contributed by atoms with E-state index in [9.17, 15) is 14.7 Å². The van der Waals surface area contributed by atoms with Crippen LogP contribution in [0.5, 0.6) is 5.75 Å². The number of pyridine rings is 1. The zero-order valence-corrected chi connectivity index (χ0v) is 19.5. The first-order valence-electron chi connectivity index (χ1n) is 12.2. The molecule has 9 heteroatoms. The molecule has 2 saturated heterocycles. The monoisotopic (exact) mass is 481 g/mol. The van der Waals surface area contributed by atoms with Crippen molar-refractivity contribution < 1.29 is 28.9 Å². The lowest BCUT2D eigenvalue weighted by atomic mass is 9.76. The fourth-order valence-electron chi connectivity index (χ4n) is 5.24. The molecule has 0 saturated carbocycles. The predicted octanol–water partition coefficient (Wildman–Crippen LogP) is 2.15. The molecular weight excluding hydrogens is 450 g/mol. The lowest BCUT2D eigenvalue weighted by Crippen LogP contribution is -2.48. The molecule has 2 bridgehead atoms. The number of carbonyl (C=O) groups is 2. The maximum absolute atomic E-state index is 13.1. The van der Waals surface area contributed by atoms with E-state index in [-0.39, 0.29) is 36.9 Å². The van der Waals surface area contributed by atoms with Gasteiger partial charge in [0.05, 0.1) is 44.4 Å². The summed E-state index contributed by atoms with van der Waals surface area (Å²) in [5.41, 5.74) is 2.52. The Bertz CT molecular complexity index is 1040. The van der Waals surface area contributed by atoms with Crippen LogP contribution in [-0.2, 0) is 25.6 Å². The van der Waals surface area contributed by atoms with Crippen molar-refractivity contribution in [2.24, 2.45) is 5.92 Å². The van der Waals surface area contributed by atoms with Gasteiger partial charge >= 0.3 is 0 Å². The van der Waals surface area contributed by atoms with E-state index in [0.29, 0.717) is 31.9 Å². The number of benzene rings is 1. The van der Waals surface area contributed by atoms with Crippen LogP contribution in [0, 0.1) is 5.92 Å². The summed E-state index contributed by atoms with van der Waals surface area (Å²) in [5.74, 6) is -0.419. The highest BCUT2D eigenvalue weighted by molar-refractivity contribution is 5.95. The number of fused-ring (bicyclic) bond motifs is 4. The van der Waals surface area contributed by atoms with Crippen LogP contribution >= 0.6 is 0 Å². The highest BCUT2D eigenvalue weighted by Crippen LogP contribution is 2.46. The third kappa shape index (κ3) is 5.47. The number of nitrogens with one attached hydrogen (secondary N) is 2. The van der Waals surface area contributed by atoms with E-state index in [4.69, 9.17) is 14.2 Å². The second-order valence-electron chi connectivity index (χ2n) is 9.36. The quantitative estimate of drug-likeness (QED) is 0.554. The van der Waals surface area contributed by atoms with E-state index in [1.807, 2.05) is 30.3 Å². The molecule has 1 aromatic carbocycles. The first-order valence-corrected chi connectivity index (χ1v) is 12.2. The molecule has 0 aliphatic carbocycles. The van der Waals surface area contributed by atoms with Gasteiger partial charge in [0.1, 0.15) is 11.9 Å². The first kappa shape index (κ1) is 23.7. The van der Waals surface area contributed by atoms with Crippen molar-refractivity contribution in [1.29, 1.82) is 0 Å². The number of carbonyl (C=O) groups excluding carboxylic acids is 2. The normalized spacial score (nSPS) is 26.3. The number of aliphatic hydroxyl groups excluding tert-OH is 1. The number of ether oxygens (including phenoxy) is 3. The summed E-state index contributed by atoms with van der Waals surface area (Å²) in [6, 6.07) is 9.42. The summed E-state index contributed by atoms with van der Waals surface area (Å²) in [6.45, 7) is 1.40. The molecule has 35 heavy (non-hydrogen) atoms. The molecular formula is C26H31N3O6. The largest absolute Gasteiger partial charge is 0.490 e. The van der Waals surface area contributed by atoms with Crippen molar-refractivity contribution in [3.63, 3.8) is 0 Å². The third-order valence-electron chi connectivity index (χ3n) is 6.97. The average molecular weight is 482 g/mol. The number of nitrogens with zero attached hydrogens (tertiary/aromatic N) is 1. The number of aliphatic hydroxyl groups is 1. The minimum Gasteiger partial charge on any atom is -0.490 e. The number of anilines is 1. The van der Waals surface area contributed by atoms with Crippen molar-refractivity contribution >= 4 is 17.5 Å². The van der Waals surface area contributed by atoms with E-state index in [2.05, 4.69) is 15.6 Å². The van der Waals surface area contributed by atoms with Crippen LogP contribution in [0.3, 0.4) is 0 Å². The Balaban J connectivity index is 1.33. The summed E-state index contributed by atoms with van der Waals surface area (Å²) >= 11 is 0. The highest BCUT2D eigenvalue weighted by Gasteiger charge is 2.46. The molecule has 0 spiro atoms. The van der Waals surface area contributed by atoms with Crippen LogP contribution in [0.4, 0.5) is 5.69 Å². The van der Waals surface area contributed by atoms with E-state index in [1.165, 1.54) is 0 Å². The summed E-state index contributed by atoms with van der Waals surface area (Å²) in [6.07, 6.45) is 4.54. The average Bonchev–Trinajstić information content (AvgIpc) is 2.99. The second-order valence-corrected chi connectivity index (χ2v) is 9.36. The van der Waals surface area contributed by atoms with Gasteiger partial charge in [0.25, 0.3) is 0 Å². The van der Waals surface area contributed by atoms with Gasteiger partial charge in [0, 0.05) is 48.9 Å². The minimum absolute atomic E-state index is 0.0544. The Hall–Kier alpha value is -3.01. The van der Waals surface area contributed by atoms with Crippen LogP contribution < -0.4 is 15.4 Å². The second kappa shape index (κ2) is 10.7. The highest BCUT2D eigenvalue weighted by atomic mass is 16.5. The molecule has 5 rings (SSSR count). The first-order chi connectivity index (χ1) is 17.1. The maximum atomic E-state index is 13.1. The Morgan fingerprint density at radius 2 is 2.11 bits per heavy atom. The third-order valence-corrected chi connectivity index (χ3v) is 6.97. The van der Waals surface area contributed by atoms with Crippen molar-refractivity contribution in [2.45, 2.75) is 56.5 Å². The number of amides is 2. The van der Waals surface area contributed by atoms with Gasteiger partial charge < -0.3 is 30.0 Å². The smallest absolute Gasteiger partial charge is 0.230 e. The predicted molar refractivity (Wildman–Crippen MR) is 127 cm³/mol. The number of hydrogen-bond donors (Lipinski definition) is 3. The Labute approximate surface area is 204 Å². The summed E-state index contributed by atoms with van der Waals surface area (Å²) in [5, 5.41) is 16.0. The summed E-state index contributed by atoms with van der Waals surface area (Å²) in [7, 11) is 0. The zero-order chi connectivity index (χ0) is 24.2. The molecule has 2 aromatic rings. The Morgan fingerprint density at radius 3 is 2.89 bits per heavy atom. The van der Waals surface area contributed by atoms with E-state index in [0.717, 1.165) is 29.7 Å². The molecule has 186 valence electrons. The summed E-state index contributed by atoms with van der Waals surface area (Å²) < 4.78 is 17.9. The van der Waals surface area contributed by atoms with Crippen molar-refractivity contribution in [1.82, 2.24) is 10.3 Å². The van der Waals surface area contributed by atoms with Gasteiger partial charge in [0.15, 0.2) is 0 Å². The lowest BCUT2D eigenvalue weighted by Gasteiger charge is -2.40. The molecule has 9 nitrogen and oxygen atoms in total. The molecule has 0 radical (unpaired) electrons. The van der Waals surface area contributed by atoms with Crippen LogP contribution in [0.2, 0.25) is 0 Å². The fraction of sp³-hybridized carbons (Fsp3) is 0.500. The molecule has 3 aliphatic rings. The fourth-order valence-corrected chi connectivity index (χ4v) is 5.24.